The molecule has 25 valence electrons. The molecule has 0 aliphatic rings. The number of hydrogen-bond acceptors (Lipinski definition) is 0. The Balaban J connectivity index is 2.65. The molecule has 0 spiro atoms. The lowest BCUT2D eigenvalue weighted by molar-refractivity contribution is 1.80. The Morgan fingerprint density at radius 2 is 2.20 bits per heavy atom. The zero-order valence-electron chi connectivity index (χ0n) is 3.02. The van der Waals surface area contributed by atoms with Crippen LogP contribution in [0, 0.1) is 13.0 Å². The molecule has 5 heavy (non-hydrogen) atoms. The van der Waals surface area contributed by atoms with E-state index in [2.05, 4.69) is 6.58 Å². The molecular weight excluding hydrogens is 60.1 g/mol. The van der Waals surface area contributed by atoms with Crippen LogP contribution < -0.4 is 0 Å². The molecule has 0 aromatic heterocycles. The largest absolute Gasteiger partial charge is 0.202 e. The van der Waals surface area contributed by atoms with Gasteiger partial charge in [-0.15, -0.1) is 6.58 Å². The van der Waals surface area contributed by atoms with Crippen LogP contribution >= 0.6 is 0 Å². The summed E-state index contributed by atoms with van der Waals surface area (Å²) in [4.78, 5) is 0. The quantitative estimate of drug-likeness (QED) is 0.427. The second-order valence-corrected chi connectivity index (χ2v) is 0.621. The molecule has 0 heterocycles. The Morgan fingerprint density at radius 3 is 2.20 bits per heavy atom. The molecule has 0 unspecified atom stereocenters. The van der Waals surface area contributed by atoms with E-state index in [9.17, 15) is 0 Å². The average molecular weight is 66.1 g/mol. The predicted molar refractivity (Wildman–Crippen MR) is 23.4 cm³/mol. The van der Waals surface area contributed by atoms with Crippen molar-refractivity contribution >= 4 is 0 Å². The average Bonchev–Trinajstić information content (AvgIpc) is 1.41. The number of allylic oxidation sites excluding steroid dienone is 2. The summed E-state index contributed by atoms with van der Waals surface area (Å²) in [7, 11) is 0. The Hall–Kier alpha value is -0.610. The Bertz CT molecular complexity index is 29.3. The third-order valence-corrected chi connectivity index (χ3v) is 0.247. The van der Waals surface area contributed by atoms with E-state index in [1.165, 1.54) is 6.08 Å². The van der Waals surface area contributed by atoms with E-state index in [1.807, 2.05) is 0 Å². The van der Waals surface area contributed by atoms with Gasteiger partial charge in [0.15, 0.2) is 6.08 Å². The second-order valence-electron chi connectivity index (χ2n) is 0.621. The normalized spacial score (nSPS) is 6.20. The molecule has 0 saturated heterocycles. The third kappa shape index (κ3) is 3.39. The minimum atomic E-state index is 1.44. The Morgan fingerprint density at radius 1 is 1.60 bits per heavy atom. The monoisotopic (exact) mass is 66.0 g/mol. The fraction of sp³-hybridized carbons (Fsp3) is 0. The van der Waals surface area contributed by atoms with E-state index < -0.39 is 0 Å². The summed E-state index contributed by atoms with van der Waals surface area (Å²) < 4.78 is 0. The van der Waals surface area contributed by atoms with E-state index in [0.29, 0.717) is 0 Å². The summed E-state index contributed by atoms with van der Waals surface area (Å²) in [5.74, 6) is 0. The SMILES string of the molecule is [CH+]=C[CH]C=C. The maximum absolute atomic E-state index is 4.89. The highest BCUT2D eigenvalue weighted by atomic mass is 13.6. The fourth-order valence-electron chi connectivity index (χ4n) is 0.0786. The van der Waals surface area contributed by atoms with Crippen molar-refractivity contribution in [3.05, 3.63) is 31.7 Å². The summed E-state index contributed by atoms with van der Waals surface area (Å²) in [6, 6.07) is 0. The van der Waals surface area contributed by atoms with Gasteiger partial charge in [0.25, 0.3) is 0 Å². The molecule has 0 rings (SSSR count). The van der Waals surface area contributed by atoms with E-state index in [1.54, 1.807) is 12.5 Å². The Labute approximate surface area is 32.8 Å². The van der Waals surface area contributed by atoms with Crippen LogP contribution in [-0.2, 0) is 0 Å². The molecule has 0 N–H and O–H groups in total. The number of rotatable bonds is 2. The van der Waals surface area contributed by atoms with Gasteiger partial charge < -0.3 is 0 Å². The van der Waals surface area contributed by atoms with Crippen LogP contribution in [0.15, 0.2) is 18.7 Å². The standard InChI is InChI=1S/C5H6/c1-3-5-4-2/h1,3-5H,2H2/q+1. The van der Waals surface area contributed by atoms with Gasteiger partial charge >= 0.3 is 0 Å². The minimum Gasteiger partial charge on any atom is -0.102 e. The minimum absolute atomic E-state index is 1.44. The first-order valence-corrected chi connectivity index (χ1v) is 1.41. The van der Waals surface area contributed by atoms with Crippen LogP contribution in [0.5, 0.6) is 0 Å². The van der Waals surface area contributed by atoms with Gasteiger partial charge in [-0.3, -0.25) is 0 Å². The van der Waals surface area contributed by atoms with Gasteiger partial charge in [-0.1, -0.05) is 6.08 Å². The predicted octanol–water partition coefficient (Wildman–Crippen LogP) is 1.37. The summed E-state index contributed by atoms with van der Waals surface area (Å²) in [5, 5.41) is 0. The van der Waals surface area contributed by atoms with Crippen molar-refractivity contribution in [2.45, 2.75) is 0 Å². The topological polar surface area (TPSA) is 0 Å². The van der Waals surface area contributed by atoms with Crippen LogP contribution in [0.1, 0.15) is 0 Å². The van der Waals surface area contributed by atoms with Crippen molar-refractivity contribution in [1.82, 2.24) is 0 Å². The molecule has 0 saturated carbocycles. The van der Waals surface area contributed by atoms with Gasteiger partial charge in [-0.25, -0.2) is 0 Å². The highest BCUT2D eigenvalue weighted by molar-refractivity contribution is 4.98. The number of hydrogen-bond donors (Lipinski definition) is 0. The van der Waals surface area contributed by atoms with Crippen LogP contribution in [0.4, 0.5) is 0 Å². The van der Waals surface area contributed by atoms with Gasteiger partial charge in [0.1, 0.15) is 0 Å². The second kappa shape index (κ2) is 3.39. The molecule has 0 fully saturated rings. The first-order valence-electron chi connectivity index (χ1n) is 1.41. The first-order chi connectivity index (χ1) is 2.41. The smallest absolute Gasteiger partial charge is 0.102 e. The van der Waals surface area contributed by atoms with E-state index in [0.717, 1.165) is 0 Å². The molecule has 0 heteroatoms. The van der Waals surface area contributed by atoms with Crippen LogP contribution in [-0.4, -0.2) is 0 Å². The zero-order chi connectivity index (χ0) is 4.12. The lowest BCUT2D eigenvalue weighted by Crippen LogP contribution is -1.46. The molecule has 0 nitrogen and oxygen atoms in total. The highest BCUT2D eigenvalue weighted by Gasteiger charge is 1.64. The van der Waals surface area contributed by atoms with Crippen molar-refractivity contribution in [1.29, 1.82) is 0 Å². The molecule has 0 aromatic carbocycles. The first kappa shape index (κ1) is 4.39. The molecule has 0 aromatic rings. The molecule has 0 aliphatic carbocycles. The van der Waals surface area contributed by atoms with Gasteiger partial charge in [-0.05, 0) is 0 Å². The fourth-order valence-corrected chi connectivity index (χ4v) is 0.0786. The van der Waals surface area contributed by atoms with Crippen LogP contribution in [0.2, 0.25) is 0 Å². The maximum atomic E-state index is 4.89. The molecule has 1 radical (unpaired) electrons. The van der Waals surface area contributed by atoms with E-state index >= 15 is 0 Å². The molecular formula is C5H6+. The Kier molecular flexibility index (Phi) is 2.98. The molecule has 0 aliphatic heterocycles. The van der Waals surface area contributed by atoms with E-state index in [4.69, 9.17) is 6.58 Å². The van der Waals surface area contributed by atoms with Gasteiger partial charge in [0.05, 0.1) is 6.42 Å². The summed E-state index contributed by atoms with van der Waals surface area (Å²) in [6.07, 6.45) is 4.73. The summed E-state index contributed by atoms with van der Waals surface area (Å²) in [6.45, 7) is 8.27. The van der Waals surface area contributed by atoms with Crippen LogP contribution in [0.25, 0.3) is 0 Å². The maximum Gasteiger partial charge on any atom is 0.202 e. The van der Waals surface area contributed by atoms with E-state index in [-0.39, 0.29) is 0 Å². The summed E-state index contributed by atoms with van der Waals surface area (Å²) in [5.41, 5.74) is 0. The molecule has 0 atom stereocenters. The van der Waals surface area contributed by atoms with Crippen LogP contribution in [0.3, 0.4) is 0 Å². The van der Waals surface area contributed by atoms with Gasteiger partial charge in [0.2, 0.25) is 6.58 Å². The molecule has 0 amide bonds. The summed E-state index contributed by atoms with van der Waals surface area (Å²) >= 11 is 0. The lowest BCUT2D eigenvalue weighted by atomic mass is 10.4. The zero-order valence-corrected chi connectivity index (χ0v) is 3.02. The van der Waals surface area contributed by atoms with Crippen molar-refractivity contribution < 1.29 is 0 Å². The van der Waals surface area contributed by atoms with Crippen molar-refractivity contribution in [2.75, 3.05) is 0 Å². The third-order valence-electron chi connectivity index (χ3n) is 0.247. The van der Waals surface area contributed by atoms with Gasteiger partial charge in [-0.2, -0.15) is 0 Å². The van der Waals surface area contributed by atoms with Crippen molar-refractivity contribution in [3.63, 3.8) is 0 Å². The van der Waals surface area contributed by atoms with Crippen molar-refractivity contribution in [2.24, 2.45) is 0 Å². The van der Waals surface area contributed by atoms with Gasteiger partial charge in [0, 0.05) is 0 Å². The van der Waals surface area contributed by atoms with Crippen molar-refractivity contribution in [3.8, 4) is 0 Å². The molecule has 0 bridgehead atoms. The highest BCUT2D eigenvalue weighted by Crippen LogP contribution is 1.71. The lowest BCUT2D eigenvalue weighted by Gasteiger charge is -1.54.